The highest BCUT2D eigenvalue weighted by molar-refractivity contribution is 7.71. The number of H-pyrrole nitrogens is 1. The summed E-state index contributed by atoms with van der Waals surface area (Å²) in [7, 11) is 1.90. The van der Waals surface area contributed by atoms with Crippen molar-refractivity contribution in [2.24, 2.45) is 7.05 Å². The Kier molecular flexibility index (Phi) is 3.11. The summed E-state index contributed by atoms with van der Waals surface area (Å²) in [5.74, 6) is 1.26. The molecule has 0 aliphatic rings. The van der Waals surface area contributed by atoms with Crippen molar-refractivity contribution in [2.75, 3.05) is 0 Å². The predicted molar refractivity (Wildman–Crippen MR) is 70.4 cm³/mol. The summed E-state index contributed by atoms with van der Waals surface area (Å²) in [4.78, 5) is 4.60. The first-order chi connectivity index (χ1) is 8.00. The highest BCUT2D eigenvalue weighted by atomic mass is 32.1. The lowest BCUT2D eigenvalue weighted by atomic mass is 10.1. The summed E-state index contributed by atoms with van der Waals surface area (Å²) < 4.78 is 2.47. The molecule has 5 heteroatoms. The van der Waals surface area contributed by atoms with Gasteiger partial charge in [-0.1, -0.05) is 13.8 Å². The van der Waals surface area contributed by atoms with Gasteiger partial charge in [-0.3, -0.25) is 10.1 Å². The van der Waals surface area contributed by atoms with E-state index in [0.29, 0.717) is 10.7 Å². The Morgan fingerprint density at radius 2 is 2.06 bits per heavy atom. The van der Waals surface area contributed by atoms with Crippen LogP contribution in [0.1, 0.15) is 31.2 Å². The number of hydrogen-bond donors (Lipinski definition) is 1. The smallest absolute Gasteiger partial charge is 0.195 e. The van der Waals surface area contributed by atoms with E-state index < -0.39 is 0 Å². The first kappa shape index (κ1) is 12.0. The Balaban J connectivity index is 2.54. The zero-order chi connectivity index (χ0) is 12.6. The van der Waals surface area contributed by atoms with E-state index >= 15 is 0 Å². The summed E-state index contributed by atoms with van der Waals surface area (Å²) in [5.41, 5.74) is 3.10. The van der Waals surface area contributed by atoms with Crippen LogP contribution in [0.15, 0.2) is 12.1 Å². The highest BCUT2D eigenvalue weighted by Gasteiger charge is 2.11. The van der Waals surface area contributed by atoms with Crippen LogP contribution in [0.2, 0.25) is 0 Å². The number of aromatic amines is 1. The van der Waals surface area contributed by atoms with Crippen molar-refractivity contribution in [3.05, 3.63) is 28.3 Å². The third kappa shape index (κ3) is 2.15. The molecule has 0 aliphatic carbocycles. The Morgan fingerprint density at radius 1 is 1.35 bits per heavy atom. The first-order valence-corrected chi connectivity index (χ1v) is 6.01. The number of pyridine rings is 1. The monoisotopic (exact) mass is 248 g/mol. The molecule has 0 saturated carbocycles. The second kappa shape index (κ2) is 4.41. The quantitative estimate of drug-likeness (QED) is 0.831. The highest BCUT2D eigenvalue weighted by Crippen LogP contribution is 2.22. The number of hydrogen-bond acceptors (Lipinski definition) is 3. The van der Waals surface area contributed by atoms with Crippen LogP contribution in [0.25, 0.3) is 11.4 Å². The van der Waals surface area contributed by atoms with Crippen LogP contribution in [0.3, 0.4) is 0 Å². The minimum atomic E-state index is 0.435. The molecule has 17 heavy (non-hydrogen) atoms. The fraction of sp³-hybridized carbons (Fsp3) is 0.417. The van der Waals surface area contributed by atoms with Crippen molar-refractivity contribution < 1.29 is 0 Å². The van der Waals surface area contributed by atoms with Crippen LogP contribution >= 0.6 is 12.2 Å². The number of rotatable bonds is 2. The van der Waals surface area contributed by atoms with Gasteiger partial charge in [0.1, 0.15) is 0 Å². The molecular formula is C12H16N4S. The molecule has 0 saturated heterocycles. The van der Waals surface area contributed by atoms with E-state index in [1.807, 2.05) is 24.6 Å². The molecule has 2 aromatic rings. The lowest BCUT2D eigenvalue weighted by Gasteiger charge is -2.09. The summed E-state index contributed by atoms with van der Waals surface area (Å²) in [6, 6.07) is 4.10. The van der Waals surface area contributed by atoms with Gasteiger partial charge in [0.2, 0.25) is 0 Å². The minimum absolute atomic E-state index is 0.435. The summed E-state index contributed by atoms with van der Waals surface area (Å²) in [5, 5.41) is 7.01. The van der Waals surface area contributed by atoms with Crippen LogP contribution in [-0.2, 0) is 7.05 Å². The van der Waals surface area contributed by atoms with Gasteiger partial charge in [0.25, 0.3) is 0 Å². The van der Waals surface area contributed by atoms with Gasteiger partial charge in [0, 0.05) is 24.0 Å². The normalized spacial score (nSPS) is 11.1. The van der Waals surface area contributed by atoms with Gasteiger partial charge >= 0.3 is 0 Å². The molecule has 0 atom stereocenters. The minimum Gasteiger partial charge on any atom is -0.303 e. The predicted octanol–water partition coefficient (Wildman–Crippen LogP) is 2.97. The number of aromatic nitrogens is 4. The Hall–Kier alpha value is -1.49. The second-order valence-electron chi connectivity index (χ2n) is 4.44. The van der Waals surface area contributed by atoms with Crippen molar-refractivity contribution in [3.63, 3.8) is 0 Å². The molecule has 0 unspecified atom stereocenters. The maximum absolute atomic E-state index is 5.11. The lowest BCUT2D eigenvalue weighted by molar-refractivity contribution is 0.814. The van der Waals surface area contributed by atoms with Crippen molar-refractivity contribution in [3.8, 4) is 11.4 Å². The topological polar surface area (TPSA) is 46.5 Å². The van der Waals surface area contributed by atoms with E-state index in [0.717, 1.165) is 22.8 Å². The van der Waals surface area contributed by atoms with Gasteiger partial charge in [-0.2, -0.15) is 5.10 Å². The number of nitrogens with zero attached hydrogens (tertiary/aromatic N) is 3. The molecule has 2 aromatic heterocycles. The SMILES string of the molecule is Cc1nc(C(C)C)ccc1-c1n[nH]c(=S)n1C. The molecule has 2 rings (SSSR count). The van der Waals surface area contributed by atoms with Crippen molar-refractivity contribution in [1.29, 1.82) is 0 Å². The average molecular weight is 248 g/mol. The molecule has 2 heterocycles. The fourth-order valence-corrected chi connectivity index (χ4v) is 1.86. The zero-order valence-corrected chi connectivity index (χ0v) is 11.3. The van der Waals surface area contributed by atoms with Gasteiger partial charge in [-0.25, -0.2) is 0 Å². The fourth-order valence-electron chi connectivity index (χ4n) is 1.73. The Morgan fingerprint density at radius 3 is 2.53 bits per heavy atom. The first-order valence-electron chi connectivity index (χ1n) is 5.60. The van der Waals surface area contributed by atoms with Crippen LogP contribution in [0.4, 0.5) is 0 Å². The van der Waals surface area contributed by atoms with Gasteiger partial charge < -0.3 is 4.57 Å². The van der Waals surface area contributed by atoms with E-state index in [-0.39, 0.29) is 0 Å². The summed E-state index contributed by atoms with van der Waals surface area (Å²) in [6.45, 7) is 6.27. The number of aryl methyl sites for hydroxylation is 1. The largest absolute Gasteiger partial charge is 0.303 e. The van der Waals surface area contributed by atoms with Crippen molar-refractivity contribution >= 4 is 12.2 Å². The van der Waals surface area contributed by atoms with Gasteiger partial charge in [0.15, 0.2) is 10.6 Å². The van der Waals surface area contributed by atoms with Gasteiger partial charge in [-0.05, 0) is 37.2 Å². The third-order valence-electron chi connectivity index (χ3n) is 2.82. The summed E-state index contributed by atoms with van der Waals surface area (Å²) in [6.07, 6.45) is 0. The maximum atomic E-state index is 5.11. The van der Waals surface area contributed by atoms with E-state index in [4.69, 9.17) is 12.2 Å². The molecule has 4 nitrogen and oxygen atoms in total. The zero-order valence-electron chi connectivity index (χ0n) is 10.5. The van der Waals surface area contributed by atoms with E-state index in [2.05, 4.69) is 35.1 Å². The average Bonchev–Trinajstić information content (AvgIpc) is 2.60. The molecule has 0 bridgehead atoms. The number of nitrogens with one attached hydrogen (secondary N) is 1. The molecule has 1 N–H and O–H groups in total. The third-order valence-corrected chi connectivity index (χ3v) is 3.18. The molecule has 0 fully saturated rings. The van der Waals surface area contributed by atoms with Crippen LogP contribution in [0.5, 0.6) is 0 Å². The van der Waals surface area contributed by atoms with Crippen molar-refractivity contribution in [1.82, 2.24) is 19.7 Å². The molecular weight excluding hydrogens is 232 g/mol. The molecule has 0 amide bonds. The molecule has 0 aromatic carbocycles. The summed E-state index contributed by atoms with van der Waals surface area (Å²) >= 11 is 5.11. The standard InChI is InChI=1S/C12H16N4S/c1-7(2)10-6-5-9(8(3)13-10)11-14-15-12(17)16(11)4/h5-7H,1-4H3,(H,15,17). The second-order valence-corrected chi connectivity index (χ2v) is 4.82. The van der Waals surface area contributed by atoms with E-state index in [1.165, 1.54) is 0 Å². The molecule has 0 spiro atoms. The van der Waals surface area contributed by atoms with E-state index in [9.17, 15) is 0 Å². The van der Waals surface area contributed by atoms with E-state index in [1.54, 1.807) is 0 Å². The van der Waals surface area contributed by atoms with Crippen LogP contribution < -0.4 is 0 Å². The molecule has 0 radical (unpaired) electrons. The molecule has 90 valence electrons. The lowest BCUT2D eigenvalue weighted by Crippen LogP contribution is -2.00. The molecule has 0 aliphatic heterocycles. The Labute approximate surface area is 106 Å². The van der Waals surface area contributed by atoms with Crippen LogP contribution in [-0.4, -0.2) is 19.7 Å². The van der Waals surface area contributed by atoms with Gasteiger partial charge in [0.05, 0.1) is 0 Å². The van der Waals surface area contributed by atoms with Crippen LogP contribution in [0, 0.1) is 11.7 Å². The van der Waals surface area contributed by atoms with Gasteiger partial charge in [-0.15, -0.1) is 0 Å². The Bertz CT molecular complexity index is 595. The van der Waals surface area contributed by atoms with Crippen molar-refractivity contribution in [2.45, 2.75) is 26.7 Å². The maximum Gasteiger partial charge on any atom is 0.195 e.